The number of methoxy groups -OCH3 is 2. The highest BCUT2D eigenvalue weighted by molar-refractivity contribution is 5.69. The Morgan fingerprint density at radius 1 is 1.47 bits per heavy atom. The maximum atomic E-state index is 11.0. The van der Waals surface area contributed by atoms with E-state index in [1.54, 1.807) is 18.0 Å². The van der Waals surface area contributed by atoms with Crippen LogP contribution >= 0.6 is 0 Å². The van der Waals surface area contributed by atoms with E-state index in [-0.39, 0.29) is 18.3 Å². The van der Waals surface area contributed by atoms with Crippen molar-refractivity contribution < 1.29 is 14.3 Å². The van der Waals surface area contributed by atoms with Gasteiger partial charge in [-0.15, -0.1) is 0 Å². The van der Waals surface area contributed by atoms with Crippen molar-refractivity contribution in [2.75, 3.05) is 38.4 Å². The van der Waals surface area contributed by atoms with Gasteiger partial charge in [-0.25, -0.2) is 0 Å². The molecule has 0 unspecified atom stereocenters. The summed E-state index contributed by atoms with van der Waals surface area (Å²) in [6.07, 6.45) is 0.277. The number of anilines is 2. The molecule has 7 nitrogen and oxygen atoms in total. The second kappa shape index (κ2) is 5.88. The van der Waals surface area contributed by atoms with Gasteiger partial charge in [0.25, 0.3) is 0 Å². The largest absolute Gasteiger partial charge is 0.481 e. The molecule has 0 bridgehead atoms. The maximum absolute atomic E-state index is 11.0. The van der Waals surface area contributed by atoms with Crippen LogP contribution < -0.4 is 15.4 Å². The quantitative estimate of drug-likeness (QED) is 0.728. The highest BCUT2D eigenvalue weighted by Crippen LogP contribution is 2.17. The Labute approximate surface area is 99.5 Å². The number of ether oxygens (including phenoxy) is 2. The van der Waals surface area contributed by atoms with Gasteiger partial charge in [0.1, 0.15) is 5.82 Å². The maximum Gasteiger partial charge on any atom is 0.307 e. The van der Waals surface area contributed by atoms with Crippen LogP contribution in [0.1, 0.15) is 6.42 Å². The smallest absolute Gasteiger partial charge is 0.307 e. The molecule has 0 atom stereocenters. The molecule has 7 heteroatoms. The first-order chi connectivity index (χ1) is 8.06. The molecular weight excluding hydrogens is 224 g/mol. The minimum Gasteiger partial charge on any atom is -0.481 e. The van der Waals surface area contributed by atoms with Crippen LogP contribution in [-0.4, -0.2) is 43.7 Å². The number of hydrogen-bond donors (Lipinski definition) is 1. The van der Waals surface area contributed by atoms with Gasteiger partial charge >= 0.3 is 5.97 Å². The fourth-order valence-electron chi connectivity index (χ4n) is 1.21. The number of hydrogen-bond acceptors (Lipinski definition) is 7. The van der Waals surface area contributed by atoms with E-state index in [0.29, 0.717) is 18.2 Å². The molecule has 0 aromatic carbocycles. The summed E-state index contributed by atoms with van der Waals surface area (Å²) in [7, 11) is 4.65. The van der Waals surface area contributed by atoms with E-state index in [4.69, 9.17) is 10.5 Å². The van der Waals surface area contributed by atoms with Crippen molar-refractivity contribution in [2.24, 2.45) is 0 Å². The first-order valence-corrected chi connectivity index (χ1v) is 5.03. The van der Waals surface area contributed by atoms with Gasteiger partial charge in [0, 0.05) is 19.7 Å². The SMILES string of the molecule is COC(=O)CCN(C)c1cc(OC)nc(N)n1. The summed E-state index contributed by atoms with van der Waals surface area (Å²) in [5.74, 6) is 0.839. The van der Waals surface area contributed by atoms with Crippen LogP contribution in [0.15, 0.2) is 6.07 Å². The summed E-state index contributed by atoms with van der Waals surface area (Å²) in [5, 5.41) is 0. The van der Waals surface area contributed by atoms with E-state index in [2.05, 4.69) is 14.7 Å². The van der Waals surface area contributed by atoms with Gasteiger partial charge in [0.05, 0.1) is 20.6 Å². The van der Waals surface area contributed by atoms with Crippen molar-refractivity contribution in [1.29, 1.82) is 0 Å². The Kier molecular flexibility index (Phi) is 4.50. The number of aromatic nitrogens is 2. The molecule has 2 N–H and O–H groups in total. The van der Waals surface area contributed by atoms with E-state index >= 15 is 0 Å². The molecule has 0 amide bonds. The summed E-state index contributed by atoms with van der Waals surface area (Å²) in [4.78, 5) is 20.7. The molecule has 1 rings (SSSR count). The van der Waals surface area contributed by atoms with Crippen molar-refractivity contribution in [3.8, 4) is 5.88 Å². The Morgan fingerprint density at radius 2 is 2.18 bits per heavy atom. The molecule has 17 heavy (non-hydrogen) atoms. The molecular formula is C10H16N4O3. The molecule has 0 fully saturated rings. The van der Waals surface area contributed by atoms with Crippen LogP contribution in [0.4, 0.5) is 11.8 Å². The highest BCUT2D eigenvalue weighted by Gasteiger charge is 2.09. The minimum atomic E-state index is -0.272. The van der Waals surface area contributed by atoms with Crippen molar-refractivity contribution in [3.63, 3.8) is 0 Å². The summed E-state index contributed by atoms with van der Waals surface area (Å²) in [6, 6.07) is 1.65. The summed E-state index contributed by atoms with van der Waals surface area (Å²) in [5.41, 5.74) is 5.53. The third kappa shape index (κ3) is 3.78. The lowest BCUT2D eigenvalue weighted by molar-refractivity contribution is -0.140. The zero-order valence-corrected chi connectivity index (χ0v) is 10.1. The van der Waals surface area contributed by atoms with Crippen molar-refractivity contribution in [1.82, 2.24) is 9.97 Å². The minimum absolute atomic E-state index is 0.129. The molecule has 0 aliphatic heterocycles. The van der Waals surface area contributed by atoms with Crippen molar-refractivity contribution in [2.45, 2.75) is 6.42 Å². The zero-order chi connectivity index (χ0) is 12.8. The highest BCUT2D eigenvalue weighted by atomic mass is 16.5. The summed E-state index contributed by atoms with van der Waals surface area (Å²) >= 11 is 0. The van der Waals surface area contributed by atoms with Crippen LogP contribution in [0.5, 0.6) is 5.88 Å². The first kappa shape index (κ1) is 13.0. The predicted octanol–water partition coefficient (Wildman–Crippen LogP) is 0.0667. The van der Waals surface area contributed by atoms with Gasteiger partial charge in [-0.3, -0.25) is 4.79 Å². The van der Waals surface area contributed by atoms with E-state index in [1.807, 2.05) is 0 Å². The van der Waals surface area contributed by atoms with Crippen LogP contribution in [0.25, 0.3) is 0 Å². The number of carbonyl (C=O) groups excluding carboxylic acids is 1. The second-order valence-electron chi connectivity index (χ2n) is 3.37. The van der Waals surface area contributed by atoms with Gasteiger partial charge in [-0.1, -0.05) is 0 Å². The summed E-state index contributed by atoms with van der Waals surface area (Å²) < 4.78 is 9.54. The molecule has 1 heterocycles. The third-order valence-electron chi connectivity index (χ3n) is 2.19. The van der Waals surface area contributed by atoms with Crippen LogP contribution in [-0.2, 0) is 9.53 Å². The average molecular weight is 240 g/mol. The van der Waals surface area contributed by atoms with E-state index in [1.165, 1.54) is 14.2 Å². The number of esters is 1. The van der Waals surface area contributed by atoms with Crippen LogP contribution in [0.2, 0.25) is 0 Å². The molecule has 0 saturated heterocycles. The normalized spacial score (nSPS) is 9.82. The van der Waals surface area contributed by atoms with Crippen molar-refractivity contribution >= 4 is 17.7 Å². The predicted molar refractivity (Wildman–Crippen MR) is 62.9 cm³/mol. The zero-order valence-electron chi connectivity index (χ0n) is 10.1. The molecule has 0 radical (unpaired) electrons. The van der Waals surface area contributed by atoms with Crippen molar-refractivity contribution in [3.05, 3.63) is 6.07 Å². The molecule has 94 valence electrons. The van der Waals surface area contributed by atoms with E-state index < -0.39 is 0 Å². The second-order valence-corrected chi connectivity index (χ2v) is 3.37. The third-order valence-corrected chi connectivity index (χ3v) is 2.19. The molecule has 0 aliphatic carbocycles. The lowest BCUT2D eigenvalue weighted by atomic mass is 10.4. The van der Waals surface area contributed by atoms with Gasteiger partial charge in [0.2, 0.25) is 11.8 Å². The Bertz CT molecular complexity index is 397. The average Bonchev–Trinajstić information content (AvgIpc) is 2.34. The summed E-state index contributed by atoms with van der Waals surface area (Å²) in [6.45, 7) is 0.478. The van der Waals surface area contributed by atoms with Gasteiger partial charge in [-0.2, -0.15) is 9.97 Å². The molecule has 0 aliphatic rings. The standard InChI is InChI=1S/C10H16N4O3/c1-14(5-4-9(15)17-3)7-6-8(16-2)13-10(11)12-7/h6H,4-5H2,1-3H3,(H2,11,12,13). The fourth-order valence-corrected chi connectivity index (χ4v) is 1.21. The first-order valence-electron chi connectivity index (χ1n) is 5.03. The Balaban J connectivity index is 2.71. The number of nitrogens with zero attached hydrogens (tertiary/aromatic N) is 3. The van der Waals surface area contributed by atoms with Gasteiger partial charge < -0.3 is 20.1 Å². The van der Waals surface area contributed by atoms with Crippen LogP contribution in [0.3, 0.4) is 0 Å². The van der Waals surface area contributed by atoms with E-state index in [0.717, 1.165) is 0 Å². The van der Waals surface area contributed by atoms with Gasteiger partial charge in [0.15, 0.2) is 0 Å². The molecule has 1 aromatic rings. The molecule has 0 spiro atoms. The Hall–Kier alpha value is -2.05. The fraction of sp³-hybridized carbons (Fsp3) is 0.500. The van der Waals surface area contributed by atoms with Crippen LogP contribution in [0, 0.1) is 0 Å². The monoisotopic (exact) mass is 240 g/mol. The van der Waals surface area contributed by atoms with Gasteiger partial charge in [-0.05, 0) is 0 Å². The Morgan fingerprint density at radius 3 is 2.76 bits per heavy atom. The topological polar surface area (TPSA) is 90.6 Å². The van der Waals surface area contributed by atoms with E-state index in [9.17, 15) is 4.79 Å². The number of nitrogen functional groups attached to an aromatic ring is 1. The molecule has 0 saturated carbocycles. The number of nitrogens with two attached hydrogens (primary N) is 1. The molecule has 1 aromatic heterocycles. The number of carbonyl (C=O) groups is 1. The lowest BCUT2D eigenvalue weighted by Gasteiger charge is -2.17. The lowest BCUT2D eigenvalue weighted by Crippen LogP contribution is -2.23. The number of rotatable bonds is 5.